The maximum absolute atomic E-state index is 10.6. The van der Waals surface area contributed by atoms with Crippen LogP contribution in [0.5, 0.6) is 5.75 Å². The molecule has 0 aromatic heterocycles. The molecule has 0 radical (unpaired) electrons. The van der Waals surface area contributed by atoms with Gasteiger partial charge in [0.1, 0.15) is 5.75 Å². The van der Waals surface area contributed by atoms with E-state index in [1.165, 1.54) is 18.2 Å². The van der Waals surface area contributed by atoms with E-state index in [0.29, 0.717) is 5.56 Å². The molecule has 0 saturated heterocycles. The highest BCUT2D eigenvalue weighted by atomic mass is 16.4. The van der Waals surface area contributed by atoms with Crippen LogP contribution < -0.4 is 0 Å². The molecule has 0 atom stereocenters. The summed E-state index contributed by atoms with van der Waals surface area (Å²) in [5, 5.41) is 33.9. The van der Waals surface area contributed by atoms with Crippen molar-refractivity contribution in [1.82, 2.24) is 0 Å². The predicted octanol–water partition coefficient (Wildman–Crippen LogP) is 0.716. The topological polar surface area (TPSA) is 115 Å². The number of aromatic carboxylic acids is 1. The number of hydrogen-bond donors (Lipinski definition) is 4. The first-order valence-corrected chi connectivity index (χ1v) is 4.74. The second-order valence-corrected chi connectivity index (χ2v) is 3.14. The van der Waals surface area contributed by atoms with Gasteiger partial charge in [-0.3, -0.25) is 4.79 Å². The molecule has 4 N–H and O–H groups in total. The third-order valence-electron chi connectivity index (χ3n) is 1.70. The Hall–Kier alpha value is -2.08. The van der Waals surface area contributed by atoms with E-state index in [-0.39, 0.29) is 24.3 Å². The Bertz CT molecular complexity index is 395. The monoisotopic (exact) mass is 242 g/mol. The highest BCUT2D eigenvalue weighted by Crippen LogP contribution is 2.16. The second-order valence-electron chi connectivity index (χ2n) is 3.14. The third-order valence-corrected chi connectivity index (χ3v) is 1.70. The maximum atomic E-state index is 10.6. The van der Waals surface area contributed by atoms with Gasteiger partial charge in [0, 0.05) is 13.5 Å². The number of carboxylic acids is 2. The van der Waals surface area contributed by atoms with Gasteiger partial charge in [-0.2, -0.15) is 0 Å². The summed E-state index contributed by atoms with van der Waals surface area (Å²) in [6.07, 6.45) is 0.232. The number of aliphatic hydroxyl groups excluding tert-OH is 1. The van der Waals surface area contributed by atoms with Crippen molar-refractivity contribution >= 4 is 11.9 Å². The summed E-state index contributed by atoms with van der Waals surface area (Å²) in [7, 11) is 0. The van der Waals surface area contributed by atoms with Crippen LogP contribution in [0.25, 0.3) is 0 Å². The average Bonchev–Trinajstić information content (AvgIpc) is 2.16. The molecule has 94 valence electrons. The van der Waals surface area contributed by atoms with Gasteiger partial charge in [0.2, 0.25) is 0 Å². The summed E-state index contributed by atoms with van der Waals surface area (Å²) >= 11 is 0. The zero-order chi connectivity index (χ0) is 13.4. The van der Waals surface area contributed by atoms with Gasteiger partial charge in [-0.05, 0) is 30.2 Å². The first kappa shape index (κ1) is 14.9. The number of rotatable bonds is 3. The predicted molar refractivity (Wildman–Crippen MR) is 59.2 cm³/mol. The lowest BCUT2D eigenvalue weighted by molar-refractivity contribution is -0.134. The van der Waals surface area contributed by atoms with Crippen LogP contribution in [0.4, 0.5) is 0 Å². The molecule has 17 heavy (non-hydrogen) atoms. The number of benzene rings is 1. The molecule has 1 rings (SSSR count). The highest BCUT2D eigenvalue weighted by molar-refractivity contribution is 5.89. The third kappa shape index (κ3) is 6.16. The normalized spacial score (nSPS) is 9.06. The largest absolute Gasteiger partial charge is 0.508 e. The van der Waals surface area contributed by atoms with Crippen LogP contribution in [0.15, 0.2) is 18.2 Å². The van der Waals surface area contributed by atoms with Gasteiger partial charge in [-0.25, -0.2) is 4.79 Å². The van der Waals surface area contributed by atoms with Gasteiger partial charge in [-0.1, -0.05) is 0 Å². The fourth-order valence-electron chi connectivity index (χ4n) is 1.12. The van der Waals surface area contributed by atoms with Crippen molar-refractivity contribution in [2.45, 2.75) is 13.3 Å². The molecular formula is C11H14O6. The van der Waals surface area contributed by atoms with E-state index < -0.39 is 11.9 Å². The standard InChI is InChI=1S/C9H10O4.C2H4O2/c10-4-3-6-5-7(11)1-2-8(6)9(12)13;1-2(3)4/h1-2,5,10-11H,3-4H2,(H,12,13);1H3,(H,3,4). The summed E-state index contributed by atoms with van der Waals surface area (Å²) in [6.45, 7) is 0.948. The zero-order valence-electron chi connectivity index (χ0n) is 9.25. The van der Waals surface area contributed by atoms with E-state index in [9.17, 15) is 4.79 Å². The molecule has 6 heteroatoms. The Balaban J connectivity index is 0.000000557. The molecule has 6 nitrogen and oxygen atoms in total. The van der Waals surface area contributed by atoms with Gasteiger partial charge in [0.05, 0.1) is 5.56 Å². The number of hydrogen-bond acceptors (Lipinski definition) is 4. The van der Waals surface area contributed by atoms with Crippen molar-refractivity contribution in [2.24, 2.45) is 0 Å². The summed E-state index contributed by atoms with van der Waals surface area (Å²) in [4.78, 5) is 19.6. The van der Waals surface area contributed by atoms with Crippen molar-refractivity contribution in [3.63, 3.8) is 0 Å². The van der Waals surface area contributed by atoms with Crippen LogP contribution in [0.2, 0.25) is 0 Å². The molecule has 0 spiro atoms. The Morgan fingerprint density at radius 3 is 2.18 bits per heavy atom. The van der Waals surface area contributed by atoms with Crippen LogP contribution in [-0.4, -0.2) is 39.0 Å². The molecule has 0 heterocycles. The lowest BCUT2D eigenvalue weighted by Gasteiger charge is -2.04. The minimum Gasteiger partial charge on any atom is -0.508 e. The summed E-state index contributed by atoms with van der Waals surface area (Å²) in [5.74, 6) is -1.88. The molecule has 0 bridgehead atoms. The summed E-state index contributed by atoms with van der Waals surface area (Å²) < 4.78 is 0. The Morgan fingerprint density at radius 1 is 1.24 bits per heavy atom. The fraction of sp³-hybridized carbons (Fsp3) is 0.273. The fourth-order valence-corrected chi connectivity index (χ4v) is 1.12. The Kier molecular flexibility index (Phi) is 6.35. The lowest BCUT2D eigenvalue weighted by atomic mass is 10.0. The molecule has 1 aromatic rings. The SMILES string of the molecule is CC(=O)O.O=C(O)c1ccc(O)cc1CCO. The number of aromatic hydroxyl groups is 1. The quantitative estimate of drug-likeness (QED) is 0.620. The van der Waals surface area contributed by atoms with E-state index in [4.69, 9.17) is 25.2 Å². The first-order valence-electron chi connectivity index (χ1n) is 4.74. The van der Waals surface area contributed by atoms with Gasteiger partial charge in [-0.15, -0.1) is 0 Å². The van der Waals surface area contributed by atoms with Crippen molar-refractivity contribution in [3.8, 4) is 5.75 Å². The maximum Gasteiger partial charge on any atom is 0.335 e. The first-order chi connectivity index (χ1) is 7.88. The van der Waals surface area contributed by atoms with E-state index in [1.807, 2.05) is 0 Å². The lowest BCUT2D eigenvalue weighted by Crippen LogP contribution is -2.03. The van der Waals surface area contributed by atoms with Crippen molar-refractivity contribution in [2.75, 3.05) is 6.61 Å². The number of aliphatic hydroxyl groups is 1. The molecule has 0 unspecified atom stereocenters. The smallest absolute Gasteiger partial charge is 0.335 e. The average molecular weight is 242 g/mol. The number of aliphatic carboxylic acids is 1. The highest BCUT2D eigenvalue weighted by Gasteiger charge is 2.09. The molecule has 0 aliphatic heterocycles. The van der Waals surface area contributed by atoms with E-state index in [2.05, 4.69) is 0 Å². The molecule has 0 aliphatic rings. The Labute approximate surface area is 97.8 Å². The molecule has 0 aliphatic carbocycles. The zero-order valence-corrected chi connectivity index (χ0v) is 9.25. The second kappa shape index (κ2) is 7.24. The Morgan fingerprint density at radius 2 is 1.76 bits per heavy atom. The van der Waals surface area contributed by atoms with Crippen molar-refractivity contribution < 1.29 is 30.0 Å². The van der Waals surface area contributed by atoms with Crippen LogP contribution >= 0.6 is 0 Å². The van der Waals surface area contributed by atoms with Crippen LogP contribution in [0.1, 0.15) is 22.8 Å². The van der Waals surface area contributed by atoms with Gasteiger partial charge >= 0.3 is 5.97 Å². The van der Waals surface area contributed by atoms with Gasteiger partial charge in [0.15, 0.2) is 0 Å². The molecular weight excluding hydrogens is 228 g/mol. The molecule has 0 amide bonds. The number of phenols is 1. The number of carboxylic acid groups (broad SMARTS) is 2. The van der Waals surface area contributed by atoms with Gasteiger partial charge in [0.25, 0.3) is 5.97 Å². The number of carbonyl (C=O) groups is 2. The van der Waals surface area contributed by atoms with E-state index >= 15 is 0 Å². The van der Waals surface area contributed by atoms with Crippen LogP contribution in [-0.2, 0) is 11.2 Å². The van der Waals surface area contributed by atoms with E-state index in [1.54, 1.807) is 0 Å². The van der Waals surface area contributed by atoms with Crippen molar-refractivity contribution in [3.05, 3.63) is 29.3 Å². The summed E-state index contributed by atoms with van der Waals surface area (Å²) in [5.41, 5.74) is 0.557. The minimum absolute atomic E-state index is 0.00782. The summed E-state index contributed by atoms with van der Waals surface area (Å²) in [6, 6.07) is 3.98. The molecule has 0 saturated carbocycles. The molecule has 0 fully saturated rings. The van der Waals surface area contributed by atoms with Crippen LogP contribution in [0, 0.1) is 0 Å². The molecule has 1 aromatic carbocycles. The van der Waals surface area contributed by atoms with Crippen LogP contribution in [0.3, 0.4) is 0 Å². The minimum atomic E-state index is -1.05. The van der Waals surface area contributed by atoms with Crippen molar-refractivity contribution in [1.29, 1.82) is 0 Å². The van der Waals surface area contributed by atoms with Gasteiger partial charge < -0.3 is 20.4 Å². The number of phenolic OH excluding ortho intramolecular Hbond substituents is 1. The van der Waals surface area contributed by atoms with E-state index in [0.717, 1.165) is 6.92 Å².